The molecule has 4 unspecified atom stereocenters. The molecule has 0 spiro atoms. The average molecular weight is 236 g/mol. The molecule has 0 heteroatoms. The molecule has 0 radical (unpaired) electrons. The largest absolute Gasteiger partial charge is 0.0995 e. The summed E-state index contributed by atoms with van der Waals surface area (Å²) in [6, 6.07) is 0. The molecule has 100 valence electrons. The summed E-state index contributed by atoms with van der Waals surface area (Å²) in [6.45, 7) is 18.7. The van der Waals surface area contributed by atoms with E-state index < -0.39 is 0 Å². The lowest BCUT2D eigenvalue weighted by Crippen LogP contribution is -2.45. The summed E-state index contributed by atoms with van der Waals surface area (Å²) in [5.41, 5.74) is 1.99. The Balaban J connectivity index is 2.75. The SMILES string of the molecule is C=C1CC(C(C)(C)C(C)CCC)C1C(C)CC. The minimum absolute atomic E-state index is 0.477. The maximum atomic E-state index is 4.28. The van der Waals surface area contributed by atoms with Gasteiger partial charge in [-0.15, -0.1) is 0 Å². The molecule has 0 bridgehead atoms. The van der Waals surface area contributed by atoms with Crippen LogP contribution in [-0.2, 0) is 0 Å². The van der Waals surface area contributed by atoms with Gasteiger partial charge in [-0.1, -0.05) is 73.0 Å². The van der Waals surface area contributed by atoms with E-state index in [9.17, 15) is 0 Å². The van der Waals surface area contributed by atoms with E-state index in [1.165, 1.54) is 31.3 Å². The van der Waals surface area contributed by atoms with Gasteiger partial charge in [-0.05, 0) is 35.5 Å². The predicted octanol–water partition coefficient (Wildman–Crippen LogP) is 5.69. The highest BCUT2D eigenvalue weighted by Crippen LogP contribution is 2.56. The van der Waals surface area contributed by atoms with Crippen molar-refractivity contribution in [3.63, 3.8) is 0 Å². The van der Waals surface area contributed by atoms with Crippen LogP contribution in [0, 0.1) is 29.1 Å². The smallest absolute Gasteiger partial charge is 0.0144 e. The predicted molar refractivity (Wildman–Crippen MR) is 78.0 cm³/mol. The van der Waals surface area contributed by atoms with Gasteiger partial charge in [0.05, 0.1) is 0 Å². The van der Waals surface area contributed by atoms with Gasteiger partial charge in [0.1, 0.15) is 0 Å². The molecule has 0 heterocycles. The van der Waals surface area contributed by atoms with Crippen molar-refractivity contribution in [1.29, 1.82) is 0 Å². The topological polar surface area (TPSA) is 0 Å². The molecule has 1 rings (SSSR count). The Morgan fingerprint density at radius 2 is 1.88 bits per heavy atom. The highest BCUT2D eigenvalue weighted by atomic mass is 14.5. The zero-order valence-electron chi connectivity index (χ0n) is 12.8. The van der Waals surface area contributed by atoms with E-state index in [1.807, 2.05) is 0 Å². The summed E-state index contributed by atoms with van der Waals surface area (Å²) in [6.07, 6.45) is 5.24. The molecule has 0 saturated heterocycles. The van der Waals surface area contributed by atoms with Gasteiger partial charge in [-0.25, -0.2) is 0 Å². The highest BCUT2D eigenvalue weighted by molar-refractivity contribution is 5.18. The Kier molecular flexibility index (Phi) is 4.86. The van der Waals surface area contributed by atoms with Gasteiger partial charge in [0, 0.05) is 0 Å². The fourth-order valence-electron chi connectivity index (χ4n) is 3.62. The van der Waals surface area contributed by atoms with Crippen LogP contribution in [0.3, 0.4) is 0 Å². The standard InChI is InChI=1S/C17H32/c1-8-10-14(5)17(6,7)15-11-13(4)16(15)12(3)9-2/h12,14-16H,4,8-11H2,1-3,5-7H3. The zero-order chi connectivity index (χ0) is 13.2. The van der Waals surface area contributed by atoms with E-state index in [0.717, 1.165) is 23.7 Å². The van der Waals surface area contributed by atoms with Gasteiger partial charge in [0.2, 0.25) is 0 Å². The van der Waals surface area contributed by atoms with Crippen LogP contribution in [0.2, 0.25) is 0 Å². The minimum atomic E-state index is 0.477. The third-order valence-corrected chi connectivity index (χ3v) is 5.59. The summed E-state index contributed by atoms with van der Waals surface area (Å²) in [7, 11) is 0. The highest BCUT2D eigenvalue weighted by Gasteiger charge is 2.47. The number of rotatable bonds is 6. The molecule has 17 heavy (non-hydrogen) atoms. The molecule has 0 aromatic heterocycles. The second-order valence-corrected chi connectivity index (χ2v) is 6.89. The van der Waals surface area contributed by atoms with Crippen molar-refractivity contribution in [2.45, 2.75) is 67.2 Å². The van der Waals surface area contributed by atoms with Gasteiger partial charge >= 0.3 is 0 Å². The Hall–Kier alpha value is -0.260. The average Bonchev–Trinajstić information content (AvgIpc) is 2.25. The molecular weight excluding hydrogens is 204 g/mol. The molecule has 0 nitrogen and oxygen atoms in total. The monoisotopic (exact) mass is 236 g/mol. The molecule has 1 aliphatic rings. The van der Waals surface area contributed by atoms with Gasteiger partial charge in [0.15, 0.2) is 0 Å². The van der Waals surface area contributed by atoms with E-state index in [1.54, 1.807) is 0 Å². The Morgan fingerprint density at radius 1 is 1.29 bits per heavy atom. The minimum Gasteiger partial charge on any atom is -0.0995 e. The number of allylic oxidation sites excluding steroid dienone is 1. The summed E-state index contributed by atoms with van der Waals surface area (Å²) in [5, 5.41) is 0. The molecule has 0 amide bonds. The van der Waals surface area contributed by atoms with Crippen molar-refractivity contribution in [3.05, 3.63) is 12.2 Å². The fourth-order valence-corrected chi connectivity index (χ4v) is 3.62. The summed E-state index contributed by atoms with van der Waals surface area (Å²) < 4.78 is 0. The lowest BCUT2D eigenvalue weighted by Gasteiger charge is -2.53. The maximum Gasteiger partial charge on any atom is -0.0144 e. The number of hydrogen-bond donors (Lipinski definition) is 0. The molecule has 1 aliphatic carbocycles. The van der Waals surface area contributed by atoms with Crippen LogP contribution in [0.4, 0.5) is 0 Å². The normalized spacial score (nSPS) is 28.7. The van der Waals surface area contributed by atoms with Crippen molar-refractivity contribution < 1.29 is 0 Å². The Bertz CT molecular complexity index is 261. The molecule has 1 fully saturated rings. The van der Waals surface area contributed by atoms with Crippen LogP contribution in [-0.4, -0.2) is 0 Å². The summed E-state index contributed by atoms with van der Waals surface area (Å²) >= 11 is 0. The van der Waals surface area contributed by atoms with Crippen molar-refractivity contribution in [3.8, 4) is 0 Å². The van der Waals surface area contributed by atoms with Crippen LogP contribution >= 0.6 is 0 Å². The third kappa shape index (κ3) is 2.77. The fraction of sp³-hybridized carbons (Fsp3) is 0.882. The first-order chi connectivity index (χ1) is 7.86. The van der Waals surface area contributed by atoms with E-state index in [0.29, 0.717) is 5.41 Å². The summed E-state index contributed by atoms with van der Waals surface area (Å²) in [4.78, 5) is 0. The summed E-state index contributed by atoms with van der Waals surface area (Å²) in [5.74, 6) is 3.30. The lowest BCUT2D eigenvalue weighted by molar-refractivity contribution is 0.0189. The first kappa shape index (κ1) is 14.8. The van der Waals surface area contributed by atoms with Crippen molar-refractivity contribution in [2.75, 3.05) is 0 Å². The number of hydrogen-bond acceptors (Lipinski definition) is 0. The van der Waals surface area contributed by atoms with E-state index in [2.05, 4.69) is 48.1 Å². The van der Waals surface area contributed by atoms with Crippen molar-refractivity contribution in [1.82, 2.24) is 0 Å². The molecule has 0 aromatic carbocycles. The molecule has 0 N–H and O–H groups in total. The maximum absolute atomic E-state index is 4.28. The van der Waals surface area contributed by atoms with Crippen LogP contribution in [0.1, 0.15) is 67.2 Å². The van der Waals surface area contributed by atoms with Gasteiger partial charge < -0.3 is 0 Å². The molecule has 4 atom stereocenters. The lowest BCUT2D eigenvalue weighted by atomic mass is 9.51. The molecule has 0 aromatic rings. The first-order valence-electron chi connectivity index (χ1n) is 7.53. The third-order valence-electron chi connectivity index (χ3n) is 5.59. The molecular formula is C17H32. The quantitative estimate of drug-likeness (QED) is 0.520. The van der Waals surface area contributed by atoms with Crippen LogP contribution in [0.25, 0.3) is 0 Å². The molecule has 0 aliphatic heterocycles. The second kappa shape index (κ2) is 5.59. The first-order valence-corrected chi connectivity index (χ1v) is 7.53. The van der Waals surface area contributed by atoms with Crippen molar-refractivity contribution in [2.24, 2.45) is 29.1 Å². The van der Waals surface area contributed by atoms with Gasteiger partial charge in [-0.2, -0.15) is 0 Å². The van der Waals surface area contributed by atoms with Crippen molar-refractivity contribution >= 4 is 0 Å². The second-order valence-electron chi connectivity index (χ2n) is 6.89. The molecule has 1 saturated carbocycles. The van der Waals surface area contributed by atoms with Crippen LogP contribution in [0.15, 0.2) is 12.2 Å². The van der Waals surface area contributed by atoms with E-state index in [-0.39, 0.29) is 0 Å². The van der Waals surface area contributed by atoms with E-state index in [4.69, 9.17) is 0 Å². The van der Waals surface area contributed by atoms with Gasteiger partial charge in [0.25, 0.3) is 0 Å². The Morgan fingerprint density at radius 3 is 2.29 bits per heavy atom. The Labute approximate surface area is 109 Å². The van der Waals surface area contributed by atoms with Crippen LogP contribution in [0.5, 0.6) is 0 Å². The zero-order valence-corrected chi connectivity index (χ0v) is 12.8. The van der Waals surface area contributed by atoms with Crippen LogP contribution < -0.4 is 0 Å². The van der Waals surface area contributed by atoms with E-state index >= 15 is 0 Å². The van der Waals surface area contributed by atoms with Gasteiger partial charge in [-0.3, -0.25) is 0 Å².